The molecule has 1 N–H and O–H groups in total. The number of anilines is 1. The Morgan fingerprint density at radius 1 is 1.27 bits per heavy atom. The van der Waals surface area contributed by atoms with Gasteiger partial charge in [-0.15, -0.1) is 5.10 Å². The molecule has 26 heavy (non-hydrogen) atoms. The molecule has 2 aromatic carbocycles. The van der Waals surface area contributed by atoms with Crippen LogP contribution >= 0.6 is 23.4 Å². The number of nitro groups is 1. The maximum Gasteiger partial charge on any atom is 0.271 e. The Morgan fingerprint density at radius 3 is 2.73 bits per heavy atom. The van der Waals surface area contributed by atoms with E-state index in [1.54, 1.807) is 11.0 Å². The average molecular weight is 390 g/mol. The molecule has 0 aliphatic heterocycles. The summed E-state index contributed by atoms with van der Waals surface area (Å²) in [4.78, 5) is 26.3. The zero-order chi connectivity index (χ0) is 18.5. The molecule has 132 valence electrons. The van der Waals surface area contributed by atoms with Crippen LogP contribution in [0.15, 0.2) is 60.0 Å². The summed E-state index contributed by atoms with van der Waals surface area (Å²) in [6.45, 7) is 0. The Morgan fingerprint density at radius 2 is 2.04 bits per heavy atom. The molecule has 0 atom stereocenters. The predicted octanol–water partition coefficient (Wildman–Crippen LogP) is 3.56. The minimum Gasteiger partial charge on any atom is -0.324 e. The number of benzene rings is 2. The number of aromatic nitrogens is 3. The van der Waals surface area contributed by atoms with Gasteiger partial charge in [0.1, 0.15) is 6.33 Å². The molecule has 0 saturated heterocycles. The van der Waals surface area contributed by atoms with Crippen LogP contribution in [0.5, 0.6) is 0 Å². The van der Waals surface area contributed by atoms with Gasteiger partial charge < -0.3 is 5.32 Å². The van der Waals surface area contributed by atoms with E-state index in [0.717, 1.165) is 5.69 Å². The van der Waals surface area contributed by atoms with Crippen molar-refractivity contribution in [3.63, 3.8) is 0 Å². The molecule has 1 heterocycles. The van der Waals surface area contributed by atoms with E-state index in [1.165, 1.54) is 30.0 Å². The maximum absolute atomic E-state index is 12.0. The number of thioether (sulfide) groups is 1. The van der Waals surface area contributed by atoms with Crippen molar-refractivity contribution in [3.8, 4) is 5.69 Å². The standard InChI is InChI=1S/C16H12ClN5O3S/c17-13-8-12(22(24)25)6-7-14(13)19-15(23)9-26-16-18-10-21(20-16)11-4-2-1-3-5-11/h1-8,10H,9H2,(H,19,23). The first-order chi connectivity index (χ1) is 12.5. The zero-order valence-electron chi connectivity index (χ0n) is 13.2. The molecule has 1 aromatic heterocycles. The van der Waals surface area contributed by atoms with Crippen LogP contribution in [0.2, 0.25) is 5.02 Å². The molecule has 10 heteroatoms. The summed E-state index contributed by atoms with van der Waals surface area (Å²) < 4.78 is 1.62. The van der Waals surface area contributed by atoms with E-state index >= 15 is 0 Å². The SMILES string of the molecule is O=C(CSc1ncn(-c2ccccc2)n1)Nc1ccc([N+](=O)[O-])cc1Cl. The summed E-state index contributed by atoms with van der Waals surface area (Å²) in [5.41, 5.74) is 1.04. The van der Waals surface area contributed by atoms with Crippen LogP contribution in [0.1, 0.15) is 0 Å². The maximum atomic E-state index is 12.0. The van der Waals surface area contributed by atoms with Crippen LogP contribution in [0.4, 0.5) is 11.4 Å². The number of hydrogen-bond acceptors (Lipinski definition) is 6. The largest absolute Gasteiger partial charge is 0.324 e. The lowest BCUT2D eigenvalue weighted by Gasteiger charge is -2.06. The second-order valence-corrected chi connectivity index (χ2v) is 6.42. The molecule has 3 aromatic rings. The van der Waals surface area contributed by atoms with Crippen molar-refractivity contribution < 1.29 is 9.72 Å². The number of halogens is 1. The summed E-state index contributed by atoms with van der Waals surface area (Å²) in [6.07, 6.45) is 1.57. The molecular formula is C16H12ClN5O3S. The van der Waals surface area contributed by atoms with Gasteiger partial charge in [-0.05, 0) is 18.2 Å². The van der Waals surface area contributed by atoms with Gasteiger partial charge >= 0.3 is 0 Å². The number of para-hydroxylation sites is 1. The van der Waals surface area contributed by atoms with Gasteiger partial charge in [-0.3, -0.25) is 14.9 Å². The van der Waals surface area contributed by atoms with E-state index in [-0.39, 0.29) is 22.4 Å². The highest BCUT2D eigenvalue weighted by molar-refractivity contribution is 7.99. The van der Waals surface area contributed by atoms with Crippen molar-refractivity contribution in [1.29, 1.82) is 0 Å². The molecule has 0 aliphatic carbocycles. The number of nitrogens with one attached hydrogen (secondary N) is 1. The lowest BCUT2D eigenvalue weighted by molar-refractivity contribution is -0.384. The van der Waals surface area contributed by atoms with E-state index in [9.17, 15) is 14.9 Å². The minimum absolute atomic E-state index is 0.0755. The van der Waals surface area contributed by atoms with Gasteiger partial charge in [0.2, 0.25) is 11.1 Å². The van der Waals surface area contributed by atoms with Crippen molar-refractivity contribution in [2.45, 2.75) is 5.16 Å². The fourth-order valence-corrected chi connectivity index (χ4v) is 2.88. The highest BCUT2D eigenvalue weighted by atomic mass is 35.5. The third kappa shape index (κ3) is 4.38. The molecule has 8 nitrogen and oxygen atoms in total. The number of nitrogens with zero attached hydrogens (tertiary/aromatic N) is 4. The molecule has 0 fully saturated rings. The number of amides is 1. The van der Waals surface area contributed by atoms with Crippen molar-refractivity contribution in [3.05, 3.63) is 70.0 Å². The molecule has 0 bridgehead atoms. The van der Waals surface area contributed by atoms with E-state index < -0.39 is 4.92 Å². The third-order valence-electron chi connectivity index (χ3n) is 3.26. The van der Waals surface area contributed by atoms with Crippen LogP contribution in [0, 0.1) is 10.1 Å². The van der Waals surface area contributed by atoms with E-state index in [2.05, 4.69) is 15.4 Å². The summed E-state index contributed by atoms with van der Waals surface area (Å²) in [7, 11) is 0. The zero-order valence-corrected chi connectivity index (χ0v) is 14.8. The van der Waals surface area contributed by atoms with Crippen LogP contribution in [0.25, 0.3) is 5.69 Å². The van der Waals surface area contributed by atoms with E-state index in [1.807, 2.05) is 30.3 Å². The van der Waals surface area contributed by atoms with Crippen molar-refractivity contribution >= 4 is 40.6 Å². The minimum atomic E-state index is -0.554. The molecule has 0 unspecified atom stereocenters. The number of carbonyl (C=O) groups is 1. The number of non-ortho nitro benzene ring substituents is 1. The van der Waals surface area contributed by atoms with Gasteiger partial charge in [-0.2, -0.15) is 0 Å². The lowest BCUT2D eigenvalue weighted by Crippen LogP contribution is -2.14. The van der Waals surface area contributed by atoms with Gasteiger partial charge in [0.25, 0.3) is 5.69 Å². The lowest BCUT2D eigenvalue weighted by atomic mass is 10.3. The van der Waals surface area contributed by atoms with Gasteiger partial charge in [0, 0.05) is 12.1 Å². The fraction of sp³-hybridized carbons (Fsp3) is 0.0625. The summed E-state index contributed by atoms with van der Waals surface area (Å²) in [5, 5.41) is 18.2. The van der Waals surface area contributed by atoms with Gasteiger partial charge in [0.05, 0.1) is 27.1 Å². The Kier molecular flexibility index (Phi) is 5.49. The van der Waals surface area contributed by atoms with Crippen molar-refractivity contribution in [1.82, 2.24) is 14.8 Å². The second kappa shape index (κ2) is 7.98. The second-order valence-electron chi connectivity index (χ2n) is 5.07. The fourth-order valence-electron chi connectivity index (χ4n) is 2.05. The molecular weight excluding hydrogens is 378 g/mol. The van der Waals surface area contributed by atoms with E-state index in [0.29, 0.717) is 10.8 Å². The van der Waals surface area contributed by atoms with Crippen LogP contribution < -0.4 is 5.32 Å². The molecule has 0 aliphatic rings. The van der Waals surface area contributed by atoms with Crippen molar-refractivity contribution in [2.24, 2.45) is 0 Å². The molecule has 0 spiro atoms. The van der Waals surface area contributed by atoms with Crippen LogP contribution in [-0.4, -0.2) is 31.3 Å². The number of nitro benzene ring substituents is 1. The molecule has 0 radical (unpaired) electrons. The average Bonchev–Trinajstić information content (AvgIpc) is 3.11. The first-order valence-electron chi connectivity index (χ1n) is 7.36. The summed E-state index contributed by atoms with van der Waals surface area (Å²) in [5.74, 6) is -0.242. The summed E-state index contributed by atoms with van der Waals surface area (Å²) >= 11 is 7.12. The van der Waals surface area contributed by atoms with Crippen LogP contribution in [0.3, 0.4) is 0 Å². The van der Waals surface area contributed by atoms with E-state index in [4.69, 9.17) is 11.6 Å². The Hall–Kier alpha value is -2.91. The molecule has 0 saturated carbocycles. The van der Waals surface area contributed by atoms with Crippen LogP contribution in [-0.2, 0) is 4.79 Å². The smallest absolute Gasteiger partial charge is 0.271 e. The Bertz CT molecular complexity index is 948. The number of rotatable bonds is 6. The quantitative estimate of drug-likeness (QED) is 0.393. The number of carbonyl (C=O) groups excluding carboxylic acids is 1. The summed E-state index contributed by atoms with van der Waals surface area (Å²) in [6, 6.07) is 13.3. The topological polar surface area (TPSA) is 103 Å². The highest BCUT2D eigenvalue weighted by Crippen LogP contribution is 2.27. The van der Waals surface area contributed by atoms with Gasteiger partial charge in [-0.25, -0.2) is 9.67 Å². The monoisotopic (exact) mass is 389 g/mol. The van der Waals surface area contributed by atoms with Gasteiger partial charge in [0.15, 0.2) is 0 Å². The molecule has 3 rings (SSSR count). The Labute approximate surface area is 157 Å². The third-order valence-corrected chi connectivity index (χ3v) is 4.43. The normalized spacial score (nSPS) is 10.5. The predicted molar refractivity (Wildman–Crippen MR) is 98.8 cm³/mol. The highest BCUT2D eigenvalue weighted by Gasteiger charge is 2.12. The molecule has 1 amide bonds. The number of hydrogen-bond donors (Lipinski definition) is 1. The first kappa shape index (κ1) is 17.9. The van der Waals surface area contributed by atoms with Gasteiger partial charge in [-0.1, -0.05) is 41.6 Å². The van der Waals surface area contributed by atoms with Crippen molar-refractivity contribution in [2.75, 3.05) is 11.1 Å². The Balaban J connectivity index is 1.58. The first-order valence-corrected chi connectivity index (χ1v) is 8.73.